The van der Waals surface area contributed by atoms with Gasteiger partial charge in [0.25, 0.3) is 0 Å². The van der Waals surface area contributed by atoms with Crippen LogP contribution >= 0.6 is 11.6 Å². The summed E-state index contributed by atoms with van der Waals surface area (Å²) in [6, 6.07) is 13.6. The van der Waals surface area contributed by atoms with Gasteiger partial charge in [0.2, 0.25) is 11.8 Å². The molecular weight excluding hydrogens is 394 g/mol. The summed E-state index contributed by atoms with van der Waals surface area (Å²) in [6.45, 7) is -0.191. The predicted octanol–water partition coefficient (Wildman–Crippen LogP) is 3.36. The van der Waals surface area contributed by atoms with E-state index in [2.05, 4.69) is 5.32 Å². The molecule has 0 aliphatic carbocycles. The first-order valence-corrected chi connectivity index (χ1v) is 8.97. The van der Waals surface area contributed by atoms with Gasteiger partial charge in [-0.15, -0.1) is 0 Å². The van der Waals surface area contributed by atoms with Gasteiger partial charge in [0.1, 0.15) is 6.07 Å². The maximum atomic E-state index is 12.3. The second-order valence-electron chi connectivity index (χ2n) is 5.94. The van der Waals surface area contributed by atoms with E-state index >= 15 is 0 Å². The number of hydrogen-bond acceptors (Lipinski definition) is 5. The highest BCUT2D eigenvalue weighted by Gasteiger charge is 2.11. The molecule has 2 rings (SSSR count). The molecule has 1 N–H and O–H groups in total. The number of hydrogen-bond donors (Lipinski definition) is 1. The number of ether oxygens (including phenoxy) is 2. The van der Waals surface area contributed by atoms with Crippen LogP contribution in [0.4, 0.5) is 5.69 Å². The number of carbonyl (C=O) groups is 2. The van der Waals surface area contributed by atoms with E-state index in [1.165, 1.54) is 25.1 Å². The van der Waals surface area contributed by atoms with Crippen LogP contribution in [0.15, 0.2) is 48.5 Å². The highest BCUT2D eigenvalue weighted by molar-refractivity contribution is 6.30. The van der Waals surface area contributed by atoms with Gasteiger partial charge in [-0.3, -0.25) is 9.59 Å². The maximum absolute atomic E-state index is 12.3. The van der Waals surface area contributed by atoms with Crippen LogP contribution in [0.5, 0.6) is 11.5 Å². The van der Waals surface area contributed by atoms with E-state index in [1.807, 2.05) is 6.07 Å². The number of nitrogens with one attached hydrogen (secondary N) is 1. The third-order valence-electron chi connectivity index (χ3n) is 3.78. The van der Waals surface area contributed by atoms with Crippen molar-refractivity contribution in [1.82, 2.24) is 4.90 Å². The normalized spacial score (nSPS) is 10.3. The number of likely N-dealkylation sites (N-methyl/N-ethyl adjacent to an activating group) is 1. The molecule has 0 saturated carbocycles. The predicted molar refractivity (Wildman–Crippen MR) is 111 cm³/mol. The first-order chi connectivity index (χ1) is 13.9. The van der Waals surface area contributed by atoms with E-state index in [-0.39, 0.29) is 25.0 Å². The molecule has 0 aromatic heterocycles. The minimum atomic E-state index is -0.333. The Labute approximate surface area is 174 Å². The van der Waals surface area contributed by atoms with Crippen molar-refractivity contribution in [2.24, 2.45) is 0 Å². The SMILES string of the molecule is COc1cc(/C=C/C(=O)N(C)CC(=O)Nc2ccc(Cl)cc2)ccc1OCC#N. The molecule has 0 aliphatic heterocycles. The van der Waals surface area contributed by atoms with Crippen LogP contribution in [0.25, 0.3) is 6.08 Å². The molecule has 2 aromatic rings. The van der Waals surface area contributed by atoms with Gasteiger partial charge in [-0.25, -0.2) is 0 Å². The van der Waals surface area contributed by atoms with Crippen molar-refractivity contribution in [3.05, 3.63) is 59.1 Å². The number of anilines is 1. The van der Waals surface area contributed by atoms with Crippen LogP contribution in [0.1, 0.15) is 5.56 Å². The van der Waals surface area contributed by atoms with Crippen molar-refractivity contribution in [1.29, 1.82) is 5.26 Å². The van der Waals surface area contributed by atoms with E-state index in [9.17, 15) is 9.59 Å². The summed E-state index contributed by atoms with van der Waals surface area (Å²) in [5.74, 6) is 0.233. The van der Waals surface area contributed by atoms with Crippen LogP contribution in [0.3, 0.4) is 0 Å². The molecular formula is C21H20ClN3O4. The number of amides is 2. The molecule has 2 amide bonds. The van der Waals surface area contributed by atoms with Gasteiger partial charge in [-0.2, -0.15) is 5.26 Å². The fourth-order valence-corrected chi connectivity index (χ4v) is 2.46. The van der Waals surface area contributed by atoms with Gasteiger partial charge < -0.3 is 19.7 Å². The third kappa shape index (κ3) is 6.87. The Kier molecular flexibility index (Phi) is 8.07. The zero-order valence-electron chi connectivity index (χ0n) is 16.0. The van der Waals surface area contributed by atoms with Gasteiger partial charge in [0.15, 0.2) is 18.1 Å². The summed E-state index contributed by atoms with van der Waals surface area (Å²) in [6.07, 6.45) is 2.96. The van der Waals surface area contributed by atoms with Crippen molar-refractivity contribution >= 4 is 35.2 Å². The van der Waals surface area contributed by atoms with Gasteiger partial charge >= 0.3 is 0 Å². The number of benzene rings is 2. The van der Waals surface area contributed by atoms with Crippen molar-refractivity contribution in [3.8, 4) is 17.6 Å². The van der Waals surface area contributed by atoms with Gasteiger partial charge in [-0.05, 0) is 48.0 Å². The van der Waals surface area contributed by atoms with Crippen LogP contribution < -0.4 is 14.8 Å². The van der Waals surface area contributed by atoms with Crippen LogP contribution in [-0.4, -0.2) is 44.0 Å². The molecule has 0 heterocycles. The fourth-order valence-electron chi connectivity index (χ4n) is 2.34. The molecule has 0 fully saturated rings. The largest absolute Gasteiger partial charge is 0.493 e. The molecule has 0 unspecified atom stereocenters. The molecule has 7 nitrogen and oxygen atoms in total. The Morgan fingerprint density at radius 1 is 1.21 bits per heavy atom. The number of halogens is 1. The molecule has 29 heavy (non-hydrogen) atoms. The molecule has 0 radical (unpaired) electrons. The zero-order chi connectivity index (χ0) is 21.2. The van der Waals surface area contributed by atoms with Crippen molar-refractivity contribution in [2.45, 2.75) is 0 Å². The van der Waals surface area contributed by atoms with E-state index in [4.69, 9.17) is 26.3 Å². The Balaban J connectivity index is 1.94. The summed E-state index contributed by atoms with van der Waals surface area (Å²) >= 11 is 5.81. The van der Waals surface area contributed by atoms with Crippen molar-refractivity contribution in [2.75, 3.05) is 32.6 Å². The minimum absolute atomic E-state index is 0.0904. The molecule has 0 spiro atoms. The first kappa shape index (κ1) is 21.8. The Bertz CT molecular complexity index is 936. The van der Waals surface area contributed by atoms with Gasteiger partial charge in [0.05, 0.1) is 13.7 Å². The second kappa shape index (κ2) is 10.7. The highest BCUT2D eigenvalue weighted by Crippen LogP contribution is 2.28. The lowest BCUT2D eigenvalue weighted by Gasteiger charge is -2.15. The second-order valence-corrected chi connectivity index (χ2v) is 6.38. The standard InChI is InChI=1S/C21H20ClN3O4/c1-25(14-20(26)24-17-7-5-16(22)6-8-17)21(27)10-4-15-3-9-18(29-12-11-23)19(13-15)28-2/h3-10,13H,12,14H2,1-2H3,(H,24,26)/b10-4+. The smallest absolute Gasteiger partial charge is 0.246 e. The van der Waals surface area contributed by atoms with Crippen LogP contribution in [0.2, 0.25) is 5.02 Å². The number of nitriles is 1. The van der Waals surface area contributed by atoms with E-state index in [0.29, 0.717) is 27.8 Å². The summed E-state index contributed by atoms with van der Waals surface area (Å²) in [5.41, 5.74) is 1.31. The lowest BCUT2D eigenvalue weighted by atomic mass is 10.2. The van der Waals surface area contributed by atoms with Crippen LogP contribution in [-0.2, 0) is 9.59 Å². The summed E-state index contributed by atoms with van der Waals surface area (Å²) < 4.78 is 10.5. The molecule has 0 saturated heterocycles. The van der Waals surface area contributed by atoms with Gasteiger partial charge in [-0.1, -0.05) is 17.7 Å². The quantitative estimate of drug-likeness (QED) is 0.670. The van der Waals surface area contributed by atoms with Crippen molar-refractivity contribution in [3.63, 3.8) is 0 Å². The molecule has 2 aromatic carbocycles. The first-order valence-electron chi connectivity index (χ1n) is 8.59. The number of rotatable bonds is 8. The summed E-state index contributed by atoms with van der Waals surface area (Å²) in [5, 5.41) is 11.9. The highest BCUT2D eigenvalue weighted by atomic mass is 35.5. The van der Waals surface area contributed by atoms with E-state index < -0.39 is 0 Å². The maximum Gasteiger partial charge on any atom is 0.246 e. The minimum Gasteiger partial charge on any atom is -0.493 e. The van der Waals surface area contributed by atoms with E-state index in [0.717, 1.165) is 0 Å². The Morgan fingerprint density at radius 3 is 2.59 bits per heavy atom. The average molecular weight is 414 g/mol. The monoisotopic (exact) mass is 413 g/mol. The summed E-state index contributed by atoms with van der Waals surface area (Å²) in [4.78, 5) is 25.6. The fraction of sp³-hybridized carbons (Fsp3) is 0.190. The Hall–Kier alpha value is -3.50. The van der Waals surface area contributed by atoms with Crippen molar-refractivity contribution < 1.29 is 19.1 Å². The molecule has 8 heteroatoms. The lowest BCUT2D eigenvalue weighted by Crippen LogP contribution is -2.33. The molecule has 0 bridgehead atoms. The average Bonchev–Trinajstić information content (AvgIpc) is 2.72. The number of nitrogens with zero attached hydrogens (tertiary/aromatic N) is 2. The topological polar surface area (TPSA) is 91.7 Å². The molecule has 0 atom stereocenters. The molecule has 150 valence electrons. The third-order valence-corrected chi connectivity index (χ3v) is 4.04. The number of methoxy groups -OCH3 is 1. The Morgan fingerprint density at radius 2 is 1.93 bits per heavy atom. The van der Waals surface area contributed by atoms with Crippen LogP contribution in [0, 0.1) is 11.3 Å². The molecule has 0 aliphatic rings. The van der Waals surface area contributed by atoms with Gasteiger partial charge in [0, 0.05) is 23.8 Å². The summed E-state index contributed by atoms with van der Waals surface area (Å²) in [7, 11) is 3.02. The lowest BCUT2D eigenvalue weighted by molar-refractivity contribution is -0.129. The number of carbonyl (C=O) groups excluding carboxylic acids is 2. The van der Waals surface area contributed by atoms with E-state index in [1.54, 1.807) is 48.5 Å². The zero-order valence-corrected chi connectivity index (χ0v) is 16.8.